The maximum atomic E-state index is 10.7. The van der Waals surface area contributed by atoms with Gasteiger partial charge in [-0.05, 0) is 38.3 Å². The first-order valence-electron chi connectivity index (χ1n) is 8.33. The minimum absolute atomic E-state index is 0.0398. The lowest BCUT2D eigenvalue weighted by Gasteiger charge is -2.40. The van der Waals surface area contributed by atoms with Gasteiger partial charge in [-0.3, -0.25) is 15.0 Å². The van der Waals surface area contributed by atoms with Crippen LogP contribution in [0.4, 0.5) is 11.5 Å². The molecule has 120 valence electrons. The first-order valence-corrected chi connectivity index (χ1v) is 8.33. The molecule has 1 aliphatic heterocycles. The van der Waals surface area contributed by atoms with Crippen molar-refractivity contribution in [1.82, 2.24) is 9.88 Å². The van der Waals surface area contributed by atoms with Crippen molar-refractivity contribution in [3.63, 3.8) is 0 Å². The molecule has 1 saturated carbocycles. The standard InChI is InChI=1S/C16H24N4O2/c21-20(22)15-8-9-16(17-11-15)18-13-5-4-10-19(12-13)14-6-2-1-3-7-14/h8-9,11,13-14H,1-7,10,12H2,(H,17,18). The van der Waals surface area contributed by atoms with Crippen LogP contribution < -0.4 is 5.32 Å². The topological polar surface area (TPSA) is 71.3 Å². The summed E-state index contributed by atoms with van der Waals surface area (Å²) < 4.78 is 0. The van der Waals surface area contributed by atoms with E-state index >= 15 is 0 Å². The number of anilines is 1. The van der Waals surface area contributed by atoms with Crippen LogP contribution in [0.2, 0.25) is 0 Å². The van der Waals surface area contributed by atoms with Crippen LogP contribution in [0, 0.1) is 10.1 Å². The Kier molecular flexibility index (Phi) is 4.87. The van der Waals surface area contributed by atoms with Gasteiger partial charge in [-0.2, -0.15) is 0 Å². The number of hydrogen-bond donors (Lipinski definition) is 1. The van der Waals surface area contributed by atoms with E-state index in [1.165, 1.54) is 57.3 Å². The van der Waals surface area contributed by atoms with Crippen molar-refractivity contribution in [2.75, 3.05) is 18.4 Å². The van der Waals surface area contributed by atoms with Gasteiger partial charge in [0.15, 0.2) is 0 Å². The lowest BCUT2D eigenvalue weighted by molar-refractivity contribution is -0.385. The van der Waals surface area contributed by atoms with Crippen molar-refractivity contribution < 1.29 is 4.92 Å². The largest absolute Gasteiger partial charge is 0.366 e. The quantitative estimate of drug-likeness (QED) is 0.683. The van der Waals surface area contributed by atoms with Crippen molar-refractivity contribution in [1.29, 1.82) is 0 Å². The minimum Gasteiger partial charge on any atom is -0.366 e. The van der Waals surface area contributed by atoms with E-state index in [-0.39, 0.29) is 5.69 Å². The molecule has 1 aromatic rings. The molecular formula is C16H24N4O2. The predicted molar refractivity (Wildman–Crippen MR) is 86.0 cm³/mol. The first kappa shape index (κ1) is 15.2. The summed E-state index contributed by atoms with van der Waals surface area (Å²) in [6.45, 7) is 2.26. The predicted octanol–water partition coefficient (Wildman–Crippen LogP) is 3.20. The molecule has 1 unspecified atom stereocenters. The molecule has 0 spiro atoms. The maximum Gasteiger partial charge on any atom is 0.287 e. The number of nitrogens with one attached hydrogen (secondary N) is 1. The third-order valence-corrected chi connectivity index (χ3v) is 4.85. The third-order valence-electron chi connectivity index (χ3n) is 4.85. The Morgan fingerprint density at radius 1 is 1.18 bits per heavy atom. The highest BCUT2D eigenvalue weighted by molar-refractivity contribution is 5.41. The van der Waals surface area contributed by atoms with Gasteiger partial charge in [0.05, 0.1) is 4.92 Å². The smallest absolute Gasteiger partial charge is 0.287 e. The van der Waals surface area contributed by atoms with Gasteiger partial charge in [0.25, 0.3) is 5.69 Å². The highest BCUT2D eigenvalue weighted by atomic mass is 16.6. The molecule has 2 heterocycles. The summed E-state index contributed by atoms with van der Waals surface area (Å²) in [7, 11) is 0. The summed E-state index contributed by atoms with van der Waals surface area (Å²) >= 11 is 0. The third kappa shape index (κ3) is 3.74. The highest BCUT2D eigenvalue weighted by Gasteiger charge is 2.27. The molecule has 1 saturated heterocycles. The van der Waals surface area contributed by atoms with Crippen LogP contribution in [-0.2, 0) is 0 Å². The molecule has 3 rings (SSSR count). The number of aromatic nitrogens is 1. The highest BCUT2D eigenvalue weighted by Crippen LogP contribution is 2.26. The zero-order valence-corrected chi connectivity index (χ0v) is 12.9. The van der Waals surface area contributed by atoms with E-state index in [9.17, 15) is 10.1 Å². The monoisotopic (exact) mass is 304 g/mol. The molecule has 0 radical (unpaired) electrons. The van der Waals surface area contributed by atoms with Crippen molar-refractivity contribution in [3.05, 3.63) is 28.4 Å². The molecule has 0 bridgehead atoms. The normalized spacial score (nSPS) is 24.1. The number of rotatable bonds is 4. The molecule has 0 amide bonds. The van der Waals surface area contributed by atoms with E-state index in [1.807, 2.05) is 0 Å². The Morgan fingerprint density at radius 2 is 2.00 bits per heavy atom. The molecule has 1 aromatic heterocycles. The van der Waals surface area contributed by atoms with Crippen molar-refractivity contribution in [2.24, 2.45) is 0 Å². The van der Waals surface area contributed by atoms with Crippen molar-refractivity contribution in [2.45, 2.75) is 57.0 Å². The molecule has 6 heteroatoms. The number of nitro groups is 1. The minimum atomic E-state index is -0.414. The Bertz CT molecular complexity index is 499. The average molecular weight is 304 g/mol. The van der Waals surface area contributed by atoms with E-state index in [0.717, 1.165) is 24.8 Å². The Hall–Kier alpha value is -1.69. The van der Waals surface area contributed by atoms with Gasteiger partial charge in [-0.15, -0.1) is 0 Å². The van der Waals surface area contributed by atoms with Gasteiger partial charge in [-0.25, -0.2) is 4.98 Å². The van der Waals surface area contributed by atoms with Gasteiger partial charge < -0.3 is 5.32 Å². The number of pyridine rings is 1. The summed E-state index contributed by atoms with van der Waals surface area (Å²) in [4.78, 5) is 17.0. The van der Waals surface area contributed by atoms with Gasteiger partial charge in [-0.1, -0.05) is 19.3 Å². The van der Waals surface area contributed by atoms with Crippen LogP contribution in [0.25, 0.3) is 0 Å². The first-order chi connectivity index (χ1) is 10.7. The van der Waals surface area contributed by atoms with Gasteiger partial charge in [0.1, 0.15) is 12.0 Å². The molecule has 2 aliphatic rings. The molecule has 22 heavy (non-hydrogen) atoms. The second kappa shape index (κ2) is 7.05. The fraction of sp³-hybridized carbons (Fsp3) is 0.688. The molecule has 2 fully saturated rings. The molecule has 6 nitrogen and oxygen atoms in total. The Balaban J connectivity index is 1.56. The number of piperidine rings is 1. The van der Waals surface area contributed by atoms with Crippen LogP contribution >= 0.6 is 0 Å². The lowest BCUT2D eigenvalue weighted by atomic mass is 9.92. The van der Waals surface area contributed by atoms with E-state index < -0.39 is 4.92 Å². The molecule has 1 atom stereocenters. The van der Waals surface area contributed by atoms with Crippen LogP contribution in [0.5, 0.6) is 0 Å². The van der Waals surface area contributed by atoms with Crippen LogP contribution in [-0.4, -0.2) is 40.0 Å². The fourth-order valence-electron chi connectivity index (χ4n) is 3.69. The fourth-order valence-corrected chi connectivity index (χ4v) is 3.69. The number of nitrogens with zero attached hydrogens (tertiary/aromatic N) is 3. The second-order valence-corrected chi connectivity index (χ2v) is 6.43. The van der Waals surface area contributed by atoms with Gasteiger partial charge >= 0.3 is 0 Å². The number of likely N-dealkylation sites (tertiary alicyclic amines) is 1. The summed E-state index contributed by atoms with van der Waals surface area (Å²) in [5.41, 5.74) is 0.0398. The van der Waals surface area contributed by atoms with Crippen LogP contribution in [0.1, 0.15) is 44.9 Å². The molecule has 1 aliphatic carbocycles. The Morgan fingerprint density at radius 3 is 2.68 bits per heavy atom. The summed E-state index contributed by atoms with van der Waals surface area (Å²) in [6, 6.07) is 4.36. The molecular weight excluding hydrogens is 280 g/mol. The second-order valence-electron chi connectivity index (χ2n) is 6.43. The maximum absolute atomic E-state index is 10.7. The summed E-state index contributed by atoms with van der Waals surface area (Å²) in [6.07, 6.45) is 10.5. The number of hydrogen-bond acceptors (Lipinski definition) is 5. The van der Waals surface area contributed by atoms with Gasteiger partial charge in [0, 0.05) is 24.7 Å². The SMILES string of the molecule is O=[N+]([O-])c1ccc(NC2CCCN(C3CCCCC3)C2)nc1. The molecule has 1 N–H and O–H groups in total. The Labute approximate surface area is 131 Å². The van der Waals surface area contributed by atoms with E-state index in [1.54, 1.807) is 6.07 Å². The van der Waals surface area contributed by atoms with Crippen LogP contribution in [0.15, 0.2) is 18.3 Å². The summed E-state index contributed by atoms with van der Waals surface area (Å²) in [5.74, 6) is 0.737. The van der Waals surface area contributed by atoms with Crippen molar-refractivity contribution >= 4 is 11.5 Å². The zero-order valence-electron chi connectivity index (χ0n) is 12.9. The van der Waals surface area contributed by atoms with E-state index in [2.05, 4.69) is 15.2 Å². The van der Waals surface area contributed by atoms with Gasteiger partial charge in [0.2, 0.25) is 0 Å². The van der Waals surface area contributed by atoms with E-state index in [0.29, 0.717) is 6.04 Å². The summed E-state index contributed by atoms with van der Waals surface area (Å²) in [5, 5.41) is 14.1. The average Bonchev–Trinajstić information content (AvgIpc) is 2.56. The molecule has 0 aromatic carbocycles. The van der Waals surface area contributed by atoms with Crippen molar-refractivity contribution in [3.8, 4) is 0 Å². The van der Waals surface area contributed by atoms with Crippen LogP contribution in [0.3, 0.4) is 0 Å². The lowest BCUT2D eigenvalue weighted by Crippen LogP contribution is -2.47. The van der Waals surface area contributed by atoms with E-state index in [4.69, 9.17) is 0 Å². The zero-order chi connectivity index (χ0) is 15.4.